The molecule has 0 aliphatic heterocycles. The van der Waals surface area contributed by atoms with Crippen molar-refractivity contribution < 1.29 is 4.55 Å². The number of aryl methyl sites for hydroxylation is 1. The van der Waals surface area contributed by atoms with Crippen molar-refractivity contribution in [2.24, 2.45) is 0 Å². The number of nitrogens with zero attached hydrogens (tertiary/aromatic N) is 1. The fourth-order valence-corrected chi connectivity index (χ4v) is 2.32. The molecule has 0 aliphatic rings. The van der Waals surface area contributed by atoms with Crippen molar-refractivity contribution >= 4 is 11.4 Å². The third kappa shape index (κ3) is 3.86. The Labute approximate surface area is 95.6 Å². The first-order chi connectivity index (χ1) is 7.15. The summed E-state index contributed by atoms with van der Waals surface area (Å²) in [5.74, 6) is 0. The molecule has 15 heavy (non-hydrogen) atoms. The van der Waals surface area contributed by atoms with E-state index in [4.69, 9.17) is 0 Å². The van der Waals surface area contributed by atoms with Crippen LogP contribution >= 0.6 is 0 Å². The molecular formula is C12H19NOS. The predicted molar refractivity (Wildman–Crippen MR) is 65.1 cm³/mol. The van der Waals surface area contributed by atoms with Crippen LogP contribution in [0.15, 0.2) is 29.2 Å². The van der Waals surface area contributed by atoms with Crippen LogP contribution in [0, 0.1) is 6.92 Å². The molecule has 0 N–H and O–H groups in total. The summed E-state index contributed by atoms with van der Waals surface area (Å²) in [6.45, 7) is 5.06. The first-order valence-corrected chi connectivity index (χ1v) is 6.45. The van der Waals surface area contributed by atoms with Crippen molar-refractivity contribution in [1.82, 2.24) is 4.31 Å². The van der Waals surface area contributed by atoms with Gasteiger partial charge in [-0.25, -0.2) is 0 Å². The number of hydrogen-bond donors (Lipinski definition) is 0. The monoisotopic (exact) mass is 225 g/mol. The van der Waals surface area contributed by atoms with Gasteiger partial charge in [0.25, 0.3) is 0 Å². The van der Waals surface area contributed by atoms with Gasteiger partial charge in [0, 0.05) is 13.6 Å². The summed E-state index contributed by atoms with van der Waals surface area (Å²) in [5.41, 5.74) is 1.20. The van der Waals surface area contributed by atoms with Gasteiger partial charge in [0.2, 0.25) is 0 Å². The lowest BCUT2D eigenvalue weighted by Crippen LogP contribution is -2.27. The number of hydrogen-bond acceptors (Lipinski definition) is 2. The molecule has 84 valence electrons. The minimum absolute atomic E-state index is 0.886. The highest BCUT2D eigenvalue weighted by Crippen LogP contribution is 2.15. The van der Waals surface area contributed by atoms with E-state index in [0.29, 0.717) is 0 Å². The largest absolute Gasteiger partial charge is 0.593 e. The van der Waals surface area contributed by atoms with Crippen LogP contribution in [0.5, 0.6) is 0 Å². The van der Waals surface area contributed by atoms with Crippen LogP contribution in [0.3, 0.4) is 0 Å². The van der Waals surface area contributed by atoms with Crippen LogP contribution in [0.25, 0.3) is 0 Å². The maximum atomic E-state index is 12.0. The predicted octanol–water partition coefficient (Wildman–Crippen LogP) is 2.75. The molecular weight excluding hydrogens is 206 g/mol. The Balaban J connectivity index is 2.59. The zero-order valence-electron chi connectivity index (χ0n) is 9.69. The number of unbranched alkanes of at least 4 members (excludes halogenated alkanes) is 1. The molecule has 1 aromatic rings. The Morgan fingerprint density at radius 2 is 1.87 bits per heavy atom. The van der Waals surface area contributed by atoms with Gasteiger partial charge < -0.3 is 4.55 Å². The van der Waals surface area contributed by atoms with E-state index in [0.717, 1.165) is 24.3 Å². The van der Waals surface area contributed by atoms with E-state index in [2.05, 4.69) is 6.92 Å². The molecule has 0 spiro atoms. The average Bonchev–Trinajstić information content (AvgIpc) is 2.26. The Morgan fingerprint density at radius 3 is 2.40 bits per heavy atom. The minimum Gasteiger partial charge on any atom is -0.593 e. The Kier molecular flexibility index (Phi) is 5.15. The van der Waals surface area contributed by atoms with Crippen LogP contribution in [0.4, 0.5) is 0 Å². The van der Waals surface area contributed by atoms with Crippen molar-refractivity contribution in [2.45, 2.75) is 31.6 Å². The lowest BCUT2D eigenvalue weighted by Gasteiger charge is -2.19. The second kappa shape index (κ2) is 6.16. The van der Waals surface area contributed by atoms with E-state index in [9.17, 15) is 4.55 Å². The van der Waals surface area contributed by atoms with Crippen molar-refractivity contribution in [2.75, 3.05) is 13.6 Å². The minimum atomic E-state index is -1.00. The van der Waals surface area contributed by atoms with E-state index >= 15 is 0 Å². The van der Waals surface area contributed by atoms with Gasteiger partial charge in [0.15, 0.2) is 4.90 Å². The number of benzene rings is 1. The first-order valence-electron chi connectivity index (χ1n) is 5.35. The standard InChI is InChI=1S/C12H19NOS/c1-4-5-10-13(3)15(14)12-8-6-11(2)7-9-12/h6-9H,4-5,10H2,1-3H3. The van der Waals surface area contributed by atoms with Gasteiger partial charge in [-0.05, 0) is 25.5 Å². The molecule has 0 amide bonds. The molecule has 2 nitrogen and oxygen atoms in total. The fourth-order valence-electron chi connectivity index (χ4n) is 1.30. The highest BCUT2D eigenvalue weighted by Gasteiger charge is 2.16. The Morgan fingerprint density at radius 1 is 1.27 bits per heavy atom. The summed E-state index contributed by atoms with van der Waals surface area (Å²) in [4.78, 5) is 0.888. The molecule has 1 aromatic carbocycles. The third-order valence-electron chi connectivity index (χ3n) is 2.33. The van der Waals surface area contributed by atoms with E-state index in [1.54, 1.807) is 0 Å². The summed E-state index contributed by atoms with van der Waals surface area (Å²) < 4.78 is 13.9. The average molecular weight is 225 g/mol. The highest BCUT2D eigenvalue weighted by molar-refractivity contribution is 7.89. The normalized spacial score (nSPS) is 13.1. The zero-order chi connectivity index (χ0) is 11.3. The van der Waals surface area contributed by atoms with Gasteiger partial charge in [-0.15, -0.1) is 4.31 Å². The van der Waals surface area contributed by atoms with Crippen molar-refractivity contribution in [3.63, 3.8) is 0 Å². The molecule has 1 atom stereocenters. The molecule has 0 aliphatic carbocycles. The van der Waals surface area contributed by atoms with Gasteiger partial charge in [0.1, 0.15) is 0 Å². The van der Waals surface area contributed by atoms with Crippen LogP contribution in [-0.2, 0) is 11.4 Å². The smallest absolute Gasteiger partial charge is 0.174 e. The summed E-state index contributed by atoms with van der Waals surface area (Å²) in [7, 11) is 1.91. The molecule has 3 heteroatoms. The van der Waals surface area contributed by atoms with Gasteiger partial charge in [-0.1, -0.05) is 31.0 Å². The van der Waals surface area contributed by atoms with Crippen LogP contribution in [-0.4, -0.2) is 22.5 Å². The van der Waals surface area contributed by atoms with Crippen LogP contribution < -0.4 is 0 Å². The van der Waals surface area contributed by atoms with Crippen molar-refractivity contribution in [3.8, 4) is 0 Å². The van der Waals surface area contributed by atoms with E-state index in [-0.39, 0.29) is 0 Å². The van der Waals surface area contributed by atoms with Gasteiger partial charge in [-0.3, -0.25) is 0 Å². The fraction of sp³-hybridized carbons (Fsp3) is 0.500. The zero-order valence-corrected chi connectivity index (χ0v) is 10.5. The second-order valence-electron chi connectivity index (χ2n) is 3.77. The number of rotatable bonds is 5. The molecule has 1 unspecified atom stereocenters. The molecule has 1 rings (SSSR count). The van der Waals surface area contributed by atoms with Gasteiger partial charge >= 0.3 is 0 Å². The lowest BCUT2D eigenvalue weighted by molar-refractivity contribution is 0.459. The molecule has 0 heterocycles. The SMILES string of the molecule is CCCCN(C)[S+]([O-])c1ccc(C)cc1. The lowest BCUT2D eigenvalue weighted by atomic mass is 10.2. The van der Waals surface area contributed by atoms with E-state index in [1.165, 1.54) is 5.56 Å². The molecule has 0 saturated carbocycles. The third-order valence-corrected chi connectivity index (χ3v) is 3.76. The maximum absolute atomic E-state index is 12.0. The molecule has 0 aromatic heterocycles. The quantitative estimate of drug-likeness (QED) is 0.720. The van der Waals surface area contributed by atoms with Gasteiger partial charge in [0.05, 0.1) is 11.4 Å². The maximum Gasteiger partial charge on any atom is 0.174 e. The van der Waals surface area contributed by atoms with Crippen LogP contribution in [0.2, 0.25) is 0 Å². The van der Waals surface area contributed by atoms with Crippen molar-refractivity contribution in [1.29, 1.82) is 0 Å². The Hall–Kier alpha value is -0.510. The van der Waals surface area contributed by atoms with Crippen LogP contribution in [0.1, 0.15) is 25.3 Å². The summed E-state index contributed by atoms with van der Waals surface area (Å²) >= 11 is -1.00. The van der Waals surface area contributed by atoms with E-state index < -0.39 is 11.4 Å². The molecule has 0 bridgehead atoms. The van der Waals surface area contributed by atoms with Crippen molar-refractivity contribution in [3.05, 3.63) is 29.8 Å². The molecule has 0 fully saturated rings. The molecule has 0 radical (unpaired) electrons. The molecule has 0 saturated heterocycles. The van der Waals surface area contributed by atoms with E-state index in [1.807, 2.05) is 42.5 Å². The summed E-state index contributed by atoms with van der Waals surface area (Å²) in [6, 6.07) is 7.88. The topological polar surface area (TPSA) is 26.3 Å². The Bertz CT molecular complexity index is 286. The summed E-state index contributed by atoms with van der Waals surface area (Å²) in [6.07, 6.45) is 2.23. The van der Waals surface area contributed by atoms with Gasteiger partial charge in [-0.2, -0.15) is 0 Å². The highest BCUT2D eigenvalue weighted by atomic mass is 32.2. The second-order valence-corrected chi connectivity index (χ2v) is 5.36. The summed E-state index contributed by atoms with van der Waals surface area (Å²) in [5, 5.41) is 0. The first kappa shape index (κ1) is 12.6.